The first kappa shape index (κ1) is 14.8. The summed E-state index contributed by atoms with van der Waals surface area (Å²) in [5.74, 6) is -2.90. The summed E-state index contributed by atoms with van der Waals surface area (Å²) in [6.45, 7) is 1.75. The molecule has 1 unspecified atom stereocenters. The van der Waals surface area contributed by atoms with E-state index in [9.17, 15) is 19.3 Å². The number of nitrogens with zero attached hydrogens (tertiary/aromatic N) is 1. The fraction of sp³-hybridized carbons (Fsp3) is 0.364. The van der Waals surface area contributed by atoms with Gasteiger partial charge in [-0.15, -0.1) is 0 Å². The highest BCUT2D eigenvalue weighted by Crippen LogP contribution is 2.28. The molecular weight excluding hydrogens is 261 g/mol. The maximum Gasteiger partial charge on any atom is 0.342 e. The third-order valence-corrected chi connectivity index (χ3v) is 2.21. The minimum Gasteiger partial charge on any atom is -0.485 e. The number of carboxylic acid groups (broad SMARTS) is 1. The minimum atomic E-state index is -1.53. The molecule has 0 aliphatic carbocycles. The van der Waals surface area contributed by atoms with E-state index in [1.807, 2.05) is 0 Å². The van der Waals surface area contributed by atoms with Crippen LogP contribution in [0.1, 0.15) is 17.3 Å². The number of carboxylic acids is 1. The fourth-order valence-corrected chi connectivity index (χ4v) is 1.44. The zero-order valence-corrected chi connectivity index (χ0v) is 10.3. The average molecular weight is 273 g/mol. The van der Waals surface area contributed by atoms with Crippen molar-refractivity contribution in [1.29, 1.82) is 0 Å². The second kappa shape index (κ2) is 6.10. The number of nitro groups is 1. The molecule has 8 heteroatoms. The smallest absolute Gasteiger partial charge is 0.342 e. The minimum absolute atomic E-state index is 0.166. The number of halogens is 1. The molecular formula is C11H12FNO6. The monoisotopic (exact) mass is 273 g/mol. The van der Waals surface area contributed by atoms with Gasteiger partial charge in [-0.25, -0.2) is 9.18 Å². The molecule has 19 heavy (non-hydrogen) atoms. The molecule has 0 spiro atoms. The number of methoxy groups -OCH3 is 1. The molecule has 1 N–H and O–H groups in total. The topological polar surface area (TPSA) is 98.9 Å². The molecule has 1 aromatic rings. The van der Waals surface area contributed by atoms with Gasteiger partial charge < -0.3 is 14.6 Å². The summed E-state index contributed by atoms with van der Waals surface area (Å²) in [6.07, 6.45) is -0.525. The third kappa shape index (κ3) is 3.62. The second-order valence-electron chi connectivity index (χ2n) is 3.75. The van der Waals surface area contributed by atoms with Gasteiger partial charge in [-0.05, 0) is 6.92 Å². The molecule has 0 fully saturated rings. The molecule has 1 rings (SSSR count). The highest BCUT2D eigenvalue weighted by molar-refractivity contribution is 5.92. The van der Waals surface area contributed by atoms with Crippen LogP contribution in [0.4, 0.5) is 10.1 Å². The highest BCUT2D eigenvalue weighted by atomic mass is 19.1. The molecule has 0 radical (unpaired) electrons. The number of carbonyl (C=O) groups is 1. The Bertz CT molecular complexity index is 504. The Balaban J connectivity index is 3.17. The van der Waals surface area contributed by atoms with Gasteiger partial charge in [0.25, 0.3) is 5.69 Å². The van der Waals surface area contributed by atoms with E-state index in [0.29, 0.717) is 6.07 Å². The number of aromatic carboxylic acids is 1. The van der Waals surface area contributed by atoms with Crippen LogP contribution in [-0.4, -0.2) is 35.8 Å². The molecule has 0 aliphatic heterocycles. The summed E-state index contributed by atoms with van der Waals surface area (Å²) in [5.41, 5.74) is -1.46. The lowest BCUT2D eigenvalue weighted by Crippen LogP contribution is -2.19. The molecule has 0 amide bonds. The van der Waals surface area contributed by atoms with Crippen molar-refractivity contribution >= 4 is 11.7 Å². The van der Waals surface area contributed by atoms with Crippen molar-refractivity contribution in [2.24, 2.45) is 0 Å². The van der Waals surface area contributed by atoms with E-state index in [1.54, 1.807) is 6.92 Å². The first-order chi connectivity index (χ1) is 8.86. The Morgan fingerprint density at radius 1 is 1.58 bits per heavy atom. The van der Waals surface area contributed by atoms with Crippen LogP contribution in [-0.2, 0) is 4.74 Å². The van der Waals surface area contributed by atoms with Gasteiger partial charge in [0.05, 0.1) is 17.6 Å². The van der Waals surface area contributed by atoms with Crippen LogP contribution in [0.25, 0.3) is 0 Å². The highest BCUT2D eigenvalue weighted by Gasteiger charge is 2.24. The number of hydrogen-bond acceptors (Lipinski definition) is 5. The molecule has 0 saturated heterocycles. The van der Waals surface area contributed by atoms with Gasteiger partial charge in [0.2, 0.25) is 0 Å². The molecule has 0 aliphatic rings. The van der Waals surface area contributed by atoms with E-state index in [0.717, 1.165) is 6.07 Å². The summed E-state index contributed by atoms with van der Waals surface area (Å²) < 4.78 is 23.5. The Kier molecular flexibility index (Phi) is 4.76. The van der Waals surface area contributed by atoms with Crippen LogP contribution in [0, 0.1) is 15.9 Å². The normalized spacial score (nSPS) is 11.9. The van der Waals surface area contributed by atoms with Gasteiger partial charge in [0, 0.05) is 13.2 Å². The lowest BCUT2D eigenvalue weighted by atomic mass is 10.1. The van der Waals surface area contributed by atoms with Crippen LogP contribution >= 0.6 is 0 Å². The number of benzene rings is 1. The van der Waals surface area contributed by atoms with E-state index in [2.05, 4.69) is 0 Å². The predicted molar refractivity (Wildman–Crippen MR) is 62.0 cm³/mol. The summed E-state index contributed by atoms with van der Waals surface area (Å²) in [6, 6.07) is 1.32. The zero-order chi connectivity index (χ0) is 14.6. The Labute approximate surface area is 107 Å². The summed E-state index contributed by atoms with van der Waals surface area (Å²) in [7, 11) is 1.43. The van der Waals surface area contributed by atoms with E-state index >= 15 is 0 Å². The van der Waals surface area contributed by atoms with E-state index < -0.39 is 34.1 Å². The quantitative estimate of drug-likeness (QED) is 0.627. The molecule has 1 atom stereocenters. The van der Waals surface area contributed by atoms with Crippen molar-refractivity contribution in [1.82, 2.24) is 0 Å². The van der Waals surface area contributed by atoms with Crippen LogP contribution in [0.5, 0.6) is 5.75 Å². The van der Waals surface area contributed by atoms with Crippen LogP contribution < -0.4 is 4.74 Å². The third-order valence-electron chi connectivity index (χ3n) is 2.21. The van der Waals surface area contributed by atoms with E-state index in [1.165, 1.54) is 7.11 Å². The molecule has 1 aromatic carbocycles. The standard InChI is InChI=1S/C11H12FNO6/c1-6(5-18-2)19-10-3-7(11(14)15)9(13(16)17)4-8(10)12/h3-4,6H,5H2,1-2H3,(H,14,15). The summed E-state index contributed by atoms with van der Waals surface area (Å²) >= 11 is 0. The maximum atomic E-state index is 13.6. The maximum absolute atomic E-state index is 13.6. The predicted octanol–water partition coefficient (Wildman–Crippen LogP) is 1.85. The van der Waals surface area contributed by atoms with Crippen molar-refractivity contribution in [2.45, 2.75) is 13.0 Å². The van der Waals surface area contributed by atoms with Gasteiger partial charge in [0.15, 0.2) is 11.6 Å². The van der Waals surface area contributed by atoms with Crippen molar-refractivity contribution in [3.63, 3.8) is 0 Å². The first-order valence-corrected chi connectivity index (χ1v) is 5.23. The van der Waals surface area contributed by atoms with E-state index in [4.69, 9.17) is 14.6 Å². The summed E-state index contributed by atoms with van der Waals surface area (Å²) in [4.78, 5) is 20.6. The Morgan fingerprint density at radius 2 is 2.21 bits per heavy atom. The zero-order valence-electron chi connectivity index (χ0n) is 10.3. The number of rotatable bonds is 6. The van der Waals surface area contributed by atoms with Crippen molar-refractivity contribution < 1.29 is 28.7 Å². The average Bonchev–Trinajstić information content (AvgIpc) is 2.31. The largest absolute Gasteiger partial charge is 0.485 e. The Morgan fingerprint density at radius 3 is 2.68 bits per heavy atom. The van der Waals surface area contributed by atoms with Crippen molar-refractivity contribution in [3.8, 4) is 5.75 Å². The van der Waals surface area contributed by atoms with Gasteiger partial charge in [-0.2, -0.15) is 0 Å². The second-order valence-corrected chi connectivity index (χ2v) is 3.75. The number of hydrogen-bond donors (Lipinski definition) is 1. The lowest BCUT2D eigenvalue weighted by molar-refractivity contribution is -0.385. The van der Waals surface area contributed by atoms with Crippen molar-refractivity contribution in [3.05, 3.63) is 33.6 Å². The number of nitro benzene ring substituents is 1. The summed E-state index contributed by atoms with van der Waals surface area (Å²) in [5, 5.41) is 19.5. The van der Waals surface area contributed by atoms with Gasteiger partial charge in [-0.3, -0.25) is 10.1 Å². The van der Waals surface area contributed by atoms with Gasteiger partial charge >= 0.3 is 5.97 Å². The molecule has 0 bridgehead atoms. The first-order valence-electron chi connectivity index (χ1n) is 5.23. The SMILES string of the molecule is COCC(C)Oc1cc(C(=O)O)c([N+](=O)[O-])cc1F. The fourth-order valence-electron chi connectivity index (χ4n) is 1.44. The van der Waals surface area contributed by atoms with Crippen LogP contribution in [0.2, 0.25) is 0 Å². The lowest BCUT2D eigenvalue weighted by Gasteiger charge is -2.14. The van der Waals surface area contributed by atoms with Crippen molar-refractivity contribution in [2.75, 3.05) is 13.7 Å². The van der Waals surface area contributed by atoms with Crippen LogP contribution in [0.15, 0.2) is 12.1 Å². The van der Waals surface area contributed by atoms with E-state index in [-0.39, 0.29) is 12.4 Å². The number of ether oxygens (including phenoxy) is 2. The molecule has 0 saturated carbocycles. The van der Waals surface area contributed by atoms with Crippen LogP contribution in [0.3, 0.4) is 0 Å². The van der Waals surface area contributed by atoms with Gasteiger partial charge in [-0.1, -0.05) is 0 Å². The molecule has 0 aromatic heterocycles. The van der Waals surface area contributed by atoms with Gasteiger partial charge in [0.1, 0.15) is 11.7 Å². The molecule has 104 valence electrons. The molecule has 0 heterocycles. The Hall–Kier alpha value is -2.22. The molecule has 7 nitrogen and oxygen atoms in total.